The van der Waals surface area contributed by atoms with Crippen molar-refractivity contribution in [2.75, 3.05) is 25.5 Å². The van der Waals surface area contributed by atoms with Gasteiger partial charge in [-0.1, -0.05) is 63.8 Å². The van der Waals surface area contributed by atoms with Gasteiger partial charge >= 0.3 is 0 Å². The average molecular weight is 485 g/mol. The van der Waals surface area contributed by atoms with Crippen LogP contribution in [0.1, 0.15) is 63.6 Å². The predicted octanol–water partition coefficient (Wildman–Crippen LogP) is 7.58. The van der Waals surface area contributed by atoms with Gasteiger partial charge in [-0.2, -0.15) is 0 Å². The van der Waals surface area contributed by atoms with Crippen LogP contribution >= 0.6 is 0 Å². The molecule has 3 rings (SSSR count). The number of methoxy groups -OCH3 is 1. The lowest BCUT2D eigenvalue weighted by Gasteiger charge is -2.26. The van der Waals surface area contributed by atoms with E-state index < -0.39 is 0 Å². The number of aliphatic imine (C=N–C) groups is 2. The van der Waals surface area contributed by atoms with Gasteiger partial charge in [0.2, 0.25) is 0 Å². The van der Waals surface area contributed by atoms with E-state index in [4.69, 9.17) is 9.73 Å². The van der Waals surface area contributed by atoms with E-state index in [2.05, 4.69) is 85.0 Å². The topological polar surface area (TPSA) is 49.2 Å². The lowest BCUT2D eigenvalue weighted by Crippen LogP contribution is -2.23. The van der Waals surface area contributed by atoms with E-state index in [0.29, 0.717) is 5.84 Å². The molecule has 2 aromatic carbocycles. The van der Waals surface area contributed by atoms with E-state index in [1.807, 2.05) is 25.3 Å². The van der Waals surface area contributed by atoms with Crippen LogP contribution in [-0.2, 0) is 6.42 Å². The number of aryl methyl sites for hydroxylation is 1. The third-order valence-electron chi connectivity index (χ3n) is 6.19. The summed E-state index contributed by atoms with van der Waals surface area (Å²) in [6.07, 6.45) is 9.90. The molecule has 0 fully saturated rings. The Morgan fingerprint density at radius 2 is 1.86 bits per heavy atom. The number of hydrogen-bond acceptors (Lipinski definition) is 5. The highest BCUT2D eigenvalue weighted by atomic mass is 16.5. The molecule has 0 unspecified atom stereocenters. The molecule has 190 valence electrons. The van der Waals surface area contributed by atoms with Gasteiger partial charge < -0.3 is 15.0 Å². The summed E-state index contributed by atoms with van der Waals surface area (Å²) in [6, 6.07) is 14.7. The summed E-state index contributed by atoms with van der Waals surface area (Å²) in [6.45, 7) is 15.0. The van der Waals surface area contributed by atoms with Crippen molar-refractivity contribution in [2.24, 2.45) is 9.98 Å². The molecule has 0 aliphatic carbocycles. The Labute approximate surface area is 217 Å². The first kappa shape index (κ1) is 27.0. The van der Waals surface area contributed by atoms with Crippen LogP contribution in [-0.4, -0.2) is 36.6 Å². The summed E-state index contributed by atoms with van der Waals surface area (Å²) < 4.78 is 5.59. The van der Waals surface area contributed by atoms with Crippen LogP contribution in [0.5, 0.6) is 5.75 Å². The number of allylic oxidation sites excluding steroid dienone is 2. The molecule has 36 heavy (non-hydrogen) atoms. The van der Waals surface area contributed by atoms with Crippen LogP contribution in [0.4, 0.5) is 5.69 Å². The molecular formula is C31H40N4O. The predicted molar refractivity (Wildman–Crippen MR) is 156 cm³/mol. The highest BCUT2D eigenvalue weighted by molar-refractivity contribution is 6.45. The van der Waals surface area contributed by atoms with E-state index in [-0.39, 0.29) is 0 Å². The lowest BCUT2D eigenvalue weighted by atomic mass is 10.0. The summed E-state index contributed by atoms with van der Waals surface area (Å²) in [5.74, 6) is 1.58. The second kappa shape index (κ2) is 13.5. The zero-order valence-corrected chi connectivity index (χ0v) is 22.5. The molecule has 0 saturated heterocycles. The molecule has 0 saturated carbocycles. The molecule has 5 heteroatoms. The maximum atomic E-state index is 5.59. The highest BCUT2D eigenvalue weighted by Crippen LogP contribution is 2.26. The van der Waals surface area contributed by atoms with E-state index in [9.17, 15) is 0 Å². The molecule has 2 aromatic rings. The fourth-order valence-corrected chi connectivity index (χ4v) is 4.23. The fraction of sp³-hybridized carbons (Fsp3) is 0.355. The Morgan fingerprint density at radius 1 is 1.08 bits per heavy atom. The molecule has 0 amide bonds. The van der Waals surface area contributed by atoms with E-state index in [1.165, 1.54) is 5.56 Å². The zero-order valence-electron chi connectivity index (χ0n) is 22.5. The third kappa shape index (κ3) is 6.97. The Hall–Kier alpha value is -3.60. The minimum absolute atomic E-state index is 0.710. The second-order valence-electron chi connectivity index (χ2n) is 8.90. The number of benzene rings is 2. The molecule has 0 aromatic heterocycles. The van der Waals surface area contributed by atoms with Crippen molar-refractivity contribution in [1.29, 1.82) is 0 Å². The molecule has 1 heterocycles. The summed E-state index contributed by atoms with van der Waals surface area (Å²) in [7, 11) is 1.71. The summed E-state index contributed by atoms with van der Waals surface area (Å²) in [5, 5.41) is 3.48. The number of anilines is 1. The molecule has 0 atom stereocenters. The van der Waals surface area contributed by atoms with Gasteiger partial charge in [-0.15, -0.1) is 0 Å². The SMILES string of the molecule is C=C(c1cccc(/C2=C/C/C=C\N=C(C)C(Nc3ccc(CC)c(OC)c3)=N2)c1)N(CCC)CCC. The van der Waals surface area contributed by atoms with Crippen LogP contribution in [0.2, 0.25) is 0 Å². The monoisotopic (exact) mass is 484 g/mol. The summed E-state index contributed by atoms with van der Waals surface area (Å²) in [4.78, 5) is 12.0. The van der Waals surface area contributed by atoms with E-state index in [1.54, 1.807) is 7.11 Å². The number of hydrogen-bond donors (Lipinski definition) is 1. The van der Waals surface area contributed by atoms with Gasteiger partial charge in [0.15, 0.2) is 5.84 Å². The molecule has 1 N–H and O–H groups in total. The maximum Gasteiger partial charge on any atom is 0.152 e. The van der Waals surface area contributed by atoms with Crippen molar-refractivity contribution in [3.8, 4) is 5.75 Å². The quantitative estimate of drug-likeness (QED) is 0.378. The van der Waals surface area contributed by atoms with Crippen LogP contribution in [0.3, 0.4) is 0 Å². The van der Waals surface area contributed by atoms with Crippen molar-refractivity contribution in [2.45, 2.75) is 53.4 Å². The molecular weight excluding hydrogens is 444 g/mol. The van der Waals surface area contributed by atoms with Crippen molar-refractivity contribution in [3.63, 3.8) is 0 Å². The first-order valence-corrected chi connectivity index (χ1v) is 13.0. The van der Waals surface area contributed by atoms with Gasteiger partial charge in [0.1, 0.15) is 5.75 Å². The van der Waals surface area contributed by atoms with Crippen molar-refractivity contribution >= 4 is 28.6 Å². The Morgan fingerprint density at radius 3 is 2.56 bits per heavy atom. The lowest BCUT2D eigenvalue weighted by molar-refractivity contribution is 0.397. The number of rotatable bonds is 10. The molecule has 0 spiro atoms. The largest absolute Gasteiger partial charge is 0.496 e. The summed E-state index contributed by atoms with van der Waals surface area (Å²) in [5.41, 5.74) is 7.05. The number of amidine groups is 1. The van der Waals surface area contributed by atoms with Crippen LogP contribution < -0.4 is 10.1 Å². The highest BCUT2D eigenvalue weighted by Gasteiger charge is 2.13. The Balaban J connectivity index is 1.98. The van der Waals surface area contributed by atoms with E-state index >= 15 is 0 Å². The number of ether oxygens (including phenoxy) is 1. The smallest absolute Gasteiger partial charge is 0.152 e. The van der Waals surface area contributed by atoms with Crippen LogP contribution in [0.15, 0.2) is 77.4 Å². The van der Waals surface area contributed by atoms with Gasteiger partial charge in [-0.05, 0) is 55.9 Å². The summed E-state index contributed by atoms with van der Waals surface area (Å²) >= 11 is 0. The van der Waals surface area contributed by atoms with Gasteiger partial charge in [0.25, 0.3) is 0 Å². The van der Waals surface area contributed by atoms with Crippen LogP contribution in [0.25, 0.3) is 11.4 Å². The van der Waals surface area contributed by atoms with Gasteiger partial charge in [-0.3, -0.25) is 4.99 Å². The number of nitrogens with zero attached hydrogens (tertiary/aromatic N) is 3. The average Bonchev–Trinajstić information content (AvgIpc) is 2.99. The molecule has 0 radical (unpaired) electrons. The minimum Gasteiger partial charge on any atom is -0.496 e. The van der Waals surface area contributed by atoms with Gasteiger partial charge in [-0.25, -0.2) is 4.99 Å². The Kier molecular flexibility index (Phi) is 10.1. The first-order chi connectivity index (χ1) is 17.5. The maximum absolute atomic E-state index is 5.59. The third-order valence-corrected chi connectivity index (χ3v) is 6.19. The van der Waals surface area contributed by atoms with Crippen molar-refractivity contribution in [3.05, 3.63) is 84.1 Å². The molecule has 5 nitrogen and oxygen atoms in total. The number of nitrogens with one attached hydrogen (secondary N) is 1. The minimum atomic E-state index is 0.710. The normalized spacial score (nSPS) is 15.9. The first-order valence-electron chi connectivity index (χ1n) is 13.0. The fourth-order valence-electron chi connectivity index (χ4n) is 4.23. The van der Waals surface area contributed by atoms with Gasteiger partial charge in [0.05, 0.1) is 18.5 Å². The molecule has 0 bridgehead atoms. The van der Waals surface area contributed by atoms with Crippen molar-refractivity contribution in [1.82, 2.24) is 4.90 Å². The van der Waals surface area contributed by atoms with Gasteiger partial charge in [0, 0.05) is 42.3 Å². The zero-order chi connectivity index (χ0) is 25.9. The second-order valence-corrected chi connectivity index (χ2v) is 8.90. The van der Waals surface area contributed by atoms with Crippen LogP contribution in [0, 0.1) is 0 Å². The standard InChI is InChI=1S/C31H40N4O/c1-7-19-35(20-8-2)24(5)26-13-12-14-27(21-26)29-15-10-11-18-32-23(4)31(34-29)33-28-17-16-25(9-3)30(22-28)36-6/h11-18,21-22H,5,7-10,19-20H2,1-4,6H3,(H,33,34)/b18-11-,29-15-,32-23?. The molecule has 1 aliphatic rings. The molecule has 1 aliphatic heterocycles. The van der Waals surface area contributed by atoms with E-state index in [0.717, 1.165) is 78.4 Å². The Bertz CT molecular complexity index is 1170. The van der Waals surface area contributed by atoms with Crippen molar-refractivity contribution < 1.29 is 4.74 Å².